The molecule has 1 aliphatic rings. The lowest BCUT2D eigenvalue weighted by molar-refractivity contribution is -0.384. The molecule has 0 aliphatic carbocycles. The Morgan fingerprint density at radius 1 is 1.11 bits per heavy atom. The highest BCUT2D eigenvalue weighted by Crippen LogP contribution is 2.39. The average molecular weight is 687 g/mol. The number of carbonyl (C=O) groups is 2. The fraction of sp³-hybridized carbons (Fsp3) is 0.0833. The second-order valence-corrected chi connectivity index (χ2v) is 11.9. The average Bonchev–Trinajstić information content (AvgIpc) is 3.13. The molecule has 0 aromatic heterocycles. The third kappa shape index (κ3) is 6.11. The molecule has 1 fully saturated rings. The normalized spacial score (nSPS) is 14.7. The molecular formula is C24H16ClIN2O8S2. The molecule has 0 saturated carbocycles. The number of amides is 2. The number of thioether (sulfide) groups is 1. The first-order valence-electron chi connectivity index (χ1n) is 10.5. The highest BCUT2D eigenvalue weighted by Gasteiger charge is 2.35. The first kappa shape index (κ1) is 27.9. The van der Waals surface area contributed by atoms with Gasteiger partial charge in [-0.1, -0.05) is 23.7 Å². The van der Waals surface area contributed by atoms with Crippen molar-refractivity contribution in [3.8, 4) is 11.5 Å². The number of ether oxygens (including phenoxy) is 1. The monoisotopic (exact) mass is 686 g/mol. The number of non-ortho nitro benzene ring substituents is 1. The summed E-state index contributed by atoms with van der Waals surface area (Å²) >= 11 is 8.46. The van der Waals surface area contributed by atoms with E-state index in [2.05, 4.69) is 0 Å². The summed E-state index contributed by atoms with van der Waals surface area (Å²) in [5, 5.41) is 10.7. The molecule has 3 aromatic carbocycles. The first-order chi connectivity index (χ1) is 18.0. The standard InChI is InChI=1S/C24H16ClIN2O8S2/c1-35-20-11-15(10-19(26)22(20)36-38(33,34)18-8-4-16(25)5-9-18)12-21-23(29)27(24(30)37-21)13-14-2-6-17(7-3-14)28(31)32/h2-12H,13H2,1H3/b21-12-. The second-order valence-electron chi connectivity index (χ2n) is 7.72. The second kappa shape index (κ2) is 11.3. The predicted molar refractivity (Wildman–Crippen MR) is 150 cm³/mol. The van der Waals surface area contributed by atoms with E-state index in [1.165, 1.54) is 67.8 Å². The van der Waals surface area contributed by atoms with E-state index >= 15 is 0 Å². The molecule has 3 aromatic rings. The largest absolute Gasteiger partial charge is 0.493 e. The number of halogens is 2. The van der Waals surface area contributed by atoms with E-state index in [4.69, 9.17) is 20.5 Å². The van der Waals surface area contributed by atoms with Gasteiger partial charge < -0.3 is 8.92 Å². The highest BCUT2D eigenvalue weighted by atomic mass is 127. The Morgan fingerprint density at radius 3 is 2.37 bits per heavy atom. The van der Waals surface area contributed by atoms with Crippen LogP contribution in [0.25, 0.3) is 6.08 Å². The molecule has 0 bridgehead atoms. The molecule has 0 N–H and O–H groups in total. The SMILES string of the molecule is COc1cc(/C=C2\SC(=O)N(Cc3ccc([N+](=O)[O-])cc3)C2=O)cc(I)c1OS(=O)(=O)c1ccc(Cl)cc1. The van der Waals surface area contributed by atoms with Gasteiger partial charge in [-0.2, -0.15) is 8.42 Å². The van der Waals surface area contributed by atoms with E-state index in [1.54, 1.807) is 6.07 Å². The molecule has 1 heterocycles. The number of rotatable bonds is 8. The summed E-state index contributed by atoms with van der Waals surface area (Å²) in [5.41, 5.74) is 0.932. The summed E-state index contributed by atoms with van der Waals surface area (Å²) in [6.07, 6.45) is 1.49. The molecule has 14 heteroatoms. The number of methoxy groups -OCH3 is 1. The van der Waals surface area contributed by atoms with Crippen molar-refractivity contribution in [2.24, 2.45) is 0 Å². The third-order valence-electron chi connectivity index (χ3n) is 5.21. The lowest BCUT2D eigenvalue weighted by atomic mass is 10.1. The van der Waals surface area contributed by atoms with Gasteiger partial charge in [-0.05, 0) is 88.0 Å². The van der Waals surface area contributed by atoms with Gasteiger partial charge >= 0.3 is 10.1 Å². The van der Waals surface area contributed by atoms with Crippen molar-refractivity contribution in [3.63, 3.8) is 0 Å². The van der Waals surface area contributed by atoms with Gasteiger partial charge in [0.15, 0.2) is 11.5 Å². The number of nitro benzene ring substituents is 1. The van der Waals surface area contributed by atoms with Gasteiger partial charge in [0.2, 0.25) is 0 Å². The van der Waals surface area contributed by atoms with E-state index in [0.29, 0.717) is 19.7 Å². The molecular weight excluding hydrogens is 671 g/mol. The van der Waals surface area contributed by atoms with Crippen LogP contribution < -0.4 is 8.92 Å². The fourth-order valence-corrected chi connectivity index (χ4v) is 6.16. The van der Waals surface area contributed by atoms with Crippen molar-refractivity contribution in [1.29, 1.82) is 0 Å². The van der Waals surface area contributed by atoms with Crippen LogP contribution in [0.3, 0.4) is 0 Å². The molecule has 0 unspecified atom stereocenters. The summed E-state index contributed by atoms with van der Waals surface area (Å²) in [5.74, 6) is -0.463. The summed E-state index contributed by atoms with van der Waals surface area (Å²) in [4.78, 5) is 36.9. The van der Waals surface area contributed by atoms with Crippen molar-refractivity contribution < 1.29 is 31.9 Å². The van der Waals surface area contributed by atoms with Crippen molar-refractivity contribution >= 4 is 79.0 Å². The van der Waals surface area contributed by atoms with Crippen LogP contribution in [0.15, 0.2) is 70.5 Å². The van der Waals surface area contributed by atoms with E-state index in [9.17, 15) is 28.1 Å². The maximum absolute atomic E-state index is 12.9. The zero-order valence-corrected chi connectivity index (χ0v) is 23.8. The van der Waals surface area contributed by atoms with E-state index in [-0.39, 0.29) is 33.5 Å². The minimum atomic E-state index is -4.19. The Morgan fingerprint density at radius 2 is 1.76 bits per heavy atom. The zero-order valence-electron chi connectivity index (χ0n) is 19.3. The summed E-state index contributed by atoms with van der Waals surface area (Å²) < 4.78 is 36.6. The third-order valence-corrected chi connectivity index (χ3v) is 8.40. The van der Waals surface area contributed by atoms with Gasteiger partial charge in [-0.25, -0.2) is 0 Å². The molecule has 196 valence electrons. The van der Waals surface area contributed by atoms with Crippen LogP contribution in [0, 0.1) is 13.7 Å². The van der Waals surface area contributed by atoms with Gasteiger partial charge in [-0.15, -0.1) is 0 Å². The molecule has 1 aliphatic heterocycles. The van der Waals surface area contributed by atoms with E-state index < -0.39 is 26.2 Å². The van der Waals surface area contributed by atoms with Gasteiger partial charge in [-0.3, -0.25) is 24.6 Å². The van der Waals surface area contributed by atoms with Crippen molar-refractivity contribution in [1.82, 2.24) is 4.90 Å². The lowest BCUT2D eigenvalue weighted by Crippen LogP contribution is -2.27. The van der Waals surface area contributed by atoms with Gasteiger partial charge in [0.1, 0.15) is 4.90 Å². The number of benzene rings is 3. The quantitative estimate of drug-likeness (QED) is 0.0939. The molecule has 1 saturated heterocycles. The first-order valence-corrected chi connectivity index (χ1v) is 14.2. The van der Waals surface area contributed by atoms with Gasteiger partial charge in [0.25, 0.3) is 16.8 Å². The molecule has 10 nitrogen and oxygen atoms in total. The number of nitro groups is 1. The smallest absolute Gasteiger partial charge is 0.339 e. The van der Waals surface area contributed by atoms with Crippen LogP contribution >= 0.6 is 46.0 Å². The van der Waals surface area contributed by atoms with Crippen LogP contribution in [0.1, 0.15) is 11.1 Å². The van der Waals surface area contributed by atoms with E-state index in [1.807, 2.05) is 22.6 Å². The Balaban J connectivity index is 1.57. The summed E-state index contributed by atoms with van der Waals surface area (Å²) in [6.45, 7) is -0.0454. The van der Waals surface area contributed by atoms with Crippen LogP contribution in [-0.4, -0.2) is 36.5 Å². The Hall–Kier alpha value is -3.14. The molecule has 0 spiro atoms. The molecule has 2 amide bonds. The number of nitrogens with zero attached hydrogens (tertiary/aromatic N) is 2. The molecule has 0 radical (unpaired) electrons. The molecule has 38 heavy (non-hydrogen) atoms. The van der Waals surface area contributed by atoms with Crippen molar-refractivity contribution in [2.75, 3.05) is 7.11 Å². The maximum Gasteiger partial charge on any atom is 0.339 e. The highest BCUT2D eigenvalue weighted by molar-refractivity contribution is 14.1. The maximum atomic E-state index is 12.9. The summed E-state index contributed by atoms with van der Waals surface area (Å²) in [6, 6.07) is 14.1. The Kier molecular flexibility index (Phi) is 8.30. The topological polar surface area (TPSA) is 133 Å². The lowest BCUT2D eigenvalue weighted by Gasteiger charge is -2.14. The van der Waals surface area contributed by atoms with Crippen LogP contribution in [0.4, 0.5) is 10.5 Å². The predicted octanol–water partition coefficient (Wildman–Crippen LogP) is 5.87. The fourth-order valence-electron chi connectivity index (χ4n) is 3.36. The van der Waals surface area contributed by atoms with Crippen molar-refractivity contribution in [2.45, 2.75) is 11.4 Å². The van der Waals surface area contributed by atoms with Crippen molar-refractivity contribution in [3.05, 3.63) is 95.4 Å². The number of imide groups is 1. The molecule has 0 atom stereocenters. The zero-order chi connectivity index (χ0) is 27.6. The summed E-state index contributed by atoms with van der Waals surface area (Å²) in [7, 11) is -2.84. The van der Waals surface area contributed by atoms with Gasteiger partial charge in [0.05, 0.1) is 27.1 Å². The van der Waals surface area contributed by atoms with Gasteiger partial charge in [0, 0.05) is 17.2 Å². The number of hydrogen-bond acceptors (Lipinski definition) is 9. The minimum Gasteiger partial charge on any atom is -0.493 e. The number of hydrogen-bond donors (Lipinski definition) is 0. The van der Waals surface area contributed by atoms with Crippen LogP contribution in [0.2, 0.25) is 5.02 Å². The minimum absolute atomic E-state index is 0.0357. The van der Waals surface area contributed by atoms with E-state index in [0.717, 1.165) is 16.7 Å². The van der Waals surface area contributed by atoms with Crippen LogP contribution in [0.5, 0.6) is 11.5 Å². The Bertz CT molecular complexity index is 1580. The van der Waals surface area contributed by atoms with Crippen LogP contribution in [-0.2, 0) is 21.5 Å². The Labute approximate surface area is 240 Å². The molecule has 4 rings (SSSR count). The number of carbonyl (C=O) groups excluding carboxylic acids is 2.